The molecule has 3 heteroatoms. The Hall–Kier alpha value is -5.67. The van der Waals surface area contributed by atoms with Gasteiger partial charge < -0.3 is 4.57 Å². The van der Waals surface area contributed by atoms with Crippen LogP contribution in [0.15, 0.2) is 127 Å². The van der Waals surface area contributed by atoms with Gasteiger partial charge in [-0.05, 0) is 83.1 Å². The molecule has 0 radical (unpaired) electrons. The standard InChI is InChI=1S/C41H27N3/c1-2-10-30-27(9-1)19-23-33-31-11-3-6-14-37(31)43(40(30)33)29-21-17-26(18-22-29)28-20-24-34-35(25-28)32-12-4-7-15-38(32)44-39-16-8-5-13-36(39)42-41(34)44/h3-25H,1-2H2. The van der Waals surface area contributed by atoms with Crippen LogP contribution >= 0.6 is 0 Å². The van der Waals surface area contributed by atoms with Crippen molar-refractivity contribution in [1.82, 2.24) is 14.0 Å². The minimum atomic E-state index is 1.01. The van der Waals surface area contributed by atoms with Crippen molar-refractivity contribution in [1.29, 1.82) is 0 Å². The lowest BCUT2D eigenvalue weighted by Crippen LogP contribution is -2.28. The zero-order valence-electron chi connectivity index (χ0n) is 24.0. The van der Waals surface area contributed by atoms with E-state index in [-0.39, 0.29) is 0 Å². The van der Waals surface area contributed by atoms with Gasteiger partial charge >= 0.3 is 0 Å². The summed E-state index contributed by atoms with van der Waals surface area (Å²) >= 11 is 0. The summed E-state index contributed by atoms with van der Waals surface area (Å²) in [5.41, 5.74) is 10.5. The van der Waals surface area contributed by atoms with Gasteiger partial charge in [-0.1, -0.05) is 91.0 Å². The molecule has 0 aliphatic heterocycles. The van der Waals surface area contributed by atoms with E-state index in [0.29, 0.717) is 0 Å². The van der Waals surface area contributed by atoms with E-state index in [2.05, 4.69) is 149 Å². The van der Waals surface area contributed by atoms with Crippen LogP contribution in [0.2, 0.25) is 0 Å². The number of rotatable bonds is 2. The average Bonchev–Trinajstić information content (AvgIpc) is 3.65. The van der Waals surface area contributed by atoms with E-state index in [1.807, 2.05) is 0 Å². The Balaban J connectivity index is 1.18. The van der Waals surface area contributed by atoms with Crippen molar-refractivity contribution in [3.05, 3.63) is 138 Å². The number of para-hydroxylation sites is 4. The summed E-state index contributed by atoms with van der Waals surface area (Å²) in [6.45, 7) is 0. The molecule has 1 aliphatic carbocycles. The molecular formula is C41H27N3. The summed E-state index contributed by atoms with van der Waals surface area (Å²) in [5.74, 6) is 0. The number of hydrogen-bond acceptors (Lipinski definition) is 1. The monoisotopic (exact) mass is 561 g/mol. The van der Waals surface area contributed by atoms with Crippen molar-refractivity contribution in [3.63, 3.8) is 0 Å². The summed E-state index contributed by atoms with van der Waals surface area (Å²) < 4.78 is 4.76. The quantitative estimate of drug-likeness (QED) is 0.193. The van der Waals surface area contributed by atoms with Crippen molar-refractivity contribution >= 4 is 72.3 Å². The Morgan fingerprint density at radius 1 is 0.500 bits per heavy atom. The molecule has 3 heterocycles. The summed E-state index contributed by atoms with van der Waals surface area (Å²) in [7, 11) is 0. The van der Waals surface area contributed by atoms with Gasteiger partial charge in [-0.25, -0.2) is 4.98 Å². The highest BCUT2D eigenvalue weighted by Gasteiger charge is 2.16. The van der Waals surface area contributed by atoms with Crippen LogP contribution in [0.4, 0.5) is 0 Å². The number of nitrogens with zero attached hydrogens (tertiary/aromatic N) is 3. The second-order valence-electron chi connectivity index (χ2n) is 11.9. The molecule has 0 amide bonds. The predicted molar refractivity (Wildman–Crippen MR) is 185 cm³/mol. The molecule has 0 saturated carbocycles. The molecule has 0 atom stereocenters. The maximum Gasteiger partial charge on any atom is 0.146 e. The van der Waals surface area contributed by atoms with E-state index in [4.69, 9.17) is 4.98 Å². The number of hydrogen-bond donors (Lipinski definition) is 0. The Bertz CT molecular complexity index is 2760. The molecule has 9 aromatic rings. The lowest BCUT2D eigenvalue weighted by molar-refractivity contribution is 1.11. The number of imidazole rings is 1. The third-order valence-electron chi connectivity index (χ3n) is 9.50. The normalized spacial score (nSPS) is 13.2. The number of pyridine rings is 1. The minimum absolute atomic E-state index is 1.01. The first kappa shape index (κ1) is 23.8. The van der Waals surface area contributed by atoms with Gasteiger partial charge in [0, 0.05) is 32.5 Å². The van der Waals surface area contributed by atoms with Gasteiger partial charge in [0.15, 0.2) is 0 Å². The molecule has 44 heavy (non-hydrogen) atoms. The summed E-state index contributed by atoms with van der Waals surface area (Å²) in [6.07, 6.45) is 6.99. The van der Waals surface area contributed by atoms with E-state index >= 15 is 0 Å². The lowest BCUT2D eigenvalue weighted by Gasteiger charge is -2.12. The molecule has 0 N–H and O–H groups in total. The van der Waals surface area contributed by atoms with Crippen molar-refractivity contribution in [2.24, 2.45) is 0 Å². The van der Waals surface area contributed by atoms with Crippen molar-refractivity contribution < 1.29 is 0 Å². The molecule has 0 bridgehead atoms. The Kier molecular flexibility index (Phi) is 4.83. The van der Waals surface area contributed by atoms with Crippen LogP contribution in [0.1, 0.15) is 12.8 Å². The topological polar surface area (TPSA) is 22.2 Å². The van der Waals surface area contributed by atoms with E-state index in [1.54, 1.807) is 0 Å². The van der Waals surface area contributed by atoms with E-state index in [1.165, 1.54) is 70.7 Å². The van der Waals surface area contributed by atoms with Crippen LogP contribution in [-0.2, 0) is 0 Å². The number of aromatic nitrogens is 3. The maximum absolute atomic E-state index is 5.07. The van der Waals surface area contributed by atoms with Crippen LogP contribution in [0.3, 0.4) is 0 Å². The highest BCUT2D eigenvalue weighted by Crippen LogP contribution is 2.36. The van der Waals surface area contributed by atoms with E-state index in [0.717, 1.165) is 29.5 Å². The molecule has 0 fully saturated rings. The average molecular weight is 562 g/mol. The smallest absolute Gasteiger partial charge is 0.146 e. The molecule has 6 aromatic carbocycles. The fourth-order valence-electron chi connectivity index (χ4n) is 7.52. The van der Waals surface area contributed by atoms with Crippen molar-refractivity contribution in [2.45, 2.75) is 12.8 Å². The van der Waals surface area contributed by atoms with Crippen LogP contribution in [0.25, 0.3) is 89.1 Å². The zero-order chi connectivity index (χ0) is 28.8. The van der Waals surface area contributed by atoms with Gasteiger partial charge in [0.25, 0.3) is 0 Å². The van der Waals surface area contributed by atoms with Gasteiger partial charge in [0.1, 0.15) is 5.65 Å². The molecule has 3 aromatic heterocycles. The maximum atomic E-state index is 5.07. The lowest BCUT2D eigenvalue weighted by atomic mass is 9.99. The zero-order valence-corrected chi connectivity index (χ0v) is 24.0. The predicted octanol–water partition coefficient (Wildman–Crippen LogP) is 8.91. The Morgan fingerprint density at radius 2 is 1.18 bits per heavy atom. The number of benzene rings is 6. The summed E-state index contributed by atoms with van der Waals surface area (Å²) in [4.78, 5) is 5.07. The summed E-state index contributed by atoms with van der Waals surface area (Å²) in [6, 6.07) is 46.4. The third-order valence-corrected chi connectivity index (χ3v) is 9.50. The van der Waals surface area contributed by atoms with Crippen LogP contribution < -0.4 is 10.4 Å². The van der Waals surface area contributed by atoms with Crippen molar-refractivity contribution in [2.75, 3.05) is 0 Å². The van der Waals surface area contributed by atoms with E-state index < -0.39 is 0 Å². The minimum Gasteiger partial charge on any atom is -0.309 e. The van der Waals surface area contributed by atoms with Crippen LogP contribution in [-0.4, -0.2) is 14.0 Å². The first-order valence-electron chi connectivity index (χ1n) is 15.4. The molecule has 3 nitrogen and oxygen atoms in total. The van der Waals surface area contributed by atoms with Crippen molar-refractivity contribution in [3.8, 4) is 16.8 Å². The SMILES string of the molecule is C1=c2ccc3c4ccccc4n(-c4ccc(-c5ccc6c(c5)c5ccccc5n5c7ccccc7nc65)cc4)c3c2=CCC1. The molecule has 0 unspecified atom stereocenters. The molecule has 0 saturated heterocycles. The number of fused-ring (bicyclic) bond motifs is 13. The second kappa shape index (κ2) is 8.92. The Morgan fingerprint density at radius 3 is 2.05 bits per heavy atom. The van der Waals surface area contributed by atoms with Gasteiger partial charge in [-0.3, -0.25) is 4.40 Å². The van der Waals surface area contributed by atoms with Gasteiger partial charge in [0.2, 0.25) is 0 Å². The fourth-order valence-corrected chi connectivity index (χ4v) is 7.52. The third kappa shape index (κ3) is 3.24. The summed E-state index contributed by atoms with van der Waals surface area (Å²) in [5, 5.41) is 8.94. The van der Waals surface area contributed by atoms with Crippen LogP contribution in [0.5, 0.6) is 0 Å². The highest BCUT2D eigenvalue weighted by molar-refractivity contribution is 6.15. The fraction of sp³-hybridized carbons (Fsp3) is 0.0488. The largest absolute Gasteiger partial charge is 0.309 e. The van der Waals surface area contributed by atoms with Gasteiger partial charge in [-0.2, -0.15) is 0 Å². The van der Waals surface area contributed by atoms with E-state index in [9.17, 15) is 0 Å². The van der Waals surface area contributed by atoms with Gasteiger partial charge in [-0.15, -0.1) is 0 Å². The first-order valence-corrected chi connectivity index (χ1v) is 15.4. The van der Waals surface area contributed by atoms with Gasteiger partial charge in [0.05, 0.1) is 27.6 Å². The molecule has 206 valence electrons. The molecule has 10 rings (SSSR count). The molecule has 1 aliphatic rings. The molecule has 0 spiro atoms. The first-order chi connectivity index (χ1) is 21.8. The highest BCUT2D eigenvalue weighted by atomic mass is 15.0. The Labute approximate surface area is 253 Å². The second-order valence-corrected chi connectivity index (χ2v) is 11.9. The van der Waals surface area contributed by atoms with Crippen LogP contribution in [0, 0.1) is 0 Å². The molecular weight excluding hydrogens is 534 g/mol.